The maximum absolute atomic E-state index is 10.0. The Morgan fingerprint density at radius 2 is 2.00 bits per heavy atom. The first-order chi connectivity index (χ1) is 9.06. The molecule has 0 saturated heterocycles. The molecule has 1 heterocycles. The molecule has 0 aliphatic heterocycles. The molecule has 0 spiro atoms. The number of aromatic hydroxyl groups is 1. The minimum atomic E-state index is 0.227. The van der Waals surface area contributed by atoms with Crippen LogP contribution in [-0.2, 0) is 7.05 Å². The van der Waals surface area contributed by atoms with E-state index in [0.717, 1.165) is 26.0 Å². The van der Waals surface area contributed by atoms with Gasteiger partial charge in [-0.15, -0.1) is 0 Å². The predicted molar refractivity (Wildman–Crippen MR) is 85.5 cm³/mol. The summed E-state index contributed by atoms with van der Waals surface area (Å²) in [5.41, 5.74) is 2.53. The fraction of sp³-hybridized carbons (Fsp3) is 0.0714. The third kappa shape index (κ3) is 2.19. The molecule has 1 N–H and O–H groups in total. The predicted octanol–water partition coefficient (Wildman–Crippen LogP) is 4.20. The Labute approximate surface area is 129 Å². The van der Waals surface area contributed by atoms with E-state index in [-0.39, 0.29) is 5.75 Å². The first-order valence-electron chi connectivity index (χ1n) is 5.67. The third-order valence-electron chi connectivity index (χ3n) is 3.04. The van der Waals surface area contributed by atoms with Crippen LogP contribution in [0, 0.1) is 3.57 Å². The van der Waals surface area contributed by atoms with Gasteiger partial charge in [-0.1, -0.05) is 11.6 Å². The smallest absolute Gasteiger partial charge is 0.144 e. The standard InChI is InChI=1S/C14H10ClIN2O/c1-18-12-4-2-8(15)6-11(12)17-14(18)10-7-9(16)3-5-13(10)19/h2-7,19H,1H3. The topological polar surface area (TPSA) is 38.0 Å². The molecule has 0 aliphatic rings. The Morgan fingerprint density at radius 3 is 2.79 bits per heavy atom. The van der Waals surface area contributed by atoms with Crippen molar-refractivity contribution in [2.24, 2.45) is 7.05 Å². The lowest BCUT2D eigenvalue weighted by atomic mass is 10.2. The van der Waals surface area contributed by atoms with Gasteiger partial charge in [0.2, 0.25) is 0 Å². The lowest BCUT2D eigenvalue weighted by molar-refractivity contribution is 0.476. The van der Waals surface area contributed by atoms with Crippen LogP contribution in [0.5, 0.6) is 5.75 Å². The number of imidazole rings is 1. The van der Waals surface area contributed by atoms with Crippen LogP contribution in [0.15, 0.2) is 36.4 Å². The average Bonchev–Trinajstić information content (AvgIpc) is 2.69. The van der Waals surface area contributed by atoms with Gasteiger partial charge < -0.3 is 9.67 Å². The second-order valence-corrected chi connectivity index (χ2v) is 5.97. The van der Waals surface area contributed by atoms with Crippen LogP contribution in [0.1, 0.15) is 0 Å². The number of halogens is 2. The number of aromatic nitrogens is 2. The van der Waals surface area contributed by atoms with Gasteiger partial charge >= 0.3 is 0 Å². The van der Waals surface area contributed by atoms with E-state index in [1.54, 1.807) is 6.07 Å². The quantitative estimate of drug-likeness (QED) is 0.639. The number of rotatable bonds is 1. The van der Waals surface area contributed by atoms with Crippen molar-refractivity contribution < 1.29 is 5.11 Å². The highest BCUT2D eigenvalue weighted by Gasteiger charge is 2.13. The number of hydrogen-bond acceptors (Lipinski definition) is 2. The van der Waals surface area contributed by atoms with E-state index in [4.69, 9.17) is 11.6 Å². The zero-order valence-corrected chi connectivity index (χ0v) is 13.0. The number of aryl methyl sites for hydroxylation is 1. The molecule has 0 radical (unpaired) electrons. The Balaban J connectivity index is 2.30. The van der Waals surface area contributed by atoms with E-state index in [1.807, 2.05) is 41.9 Å². The van der Waals surface area contributed by atoms with Crippen molar-refractivity contribution in [3.05, 3.63) is 45.0 Å². The van der Waals surface area contributed by atoms with E-state index in [0.29, 0.717) is 5.02 Å². The number of phenols is 1. The molecule has 19 heavy (non-hydrogen) atoms. The number of nitrogens with zero attached hydrogens (tertiary/aromatic N) is 2. The van der Waals surface area contributed by atoms with Crippen LogP contribution in [0.3, 0.4) is 0 Å². The molecule has 0 bridgehead atoms. The van der Waals surface area contributed by atoms with Gasteiger partial charge in [-0.2, -0.15) is 0 Å². The van der Waals surface area contributed by atoms with Gasteiger partial charge in [-0.3, -0.25) is 0 Å². The van der Waals surface area contributed by atoms with Crippen LogP contribution in [-0.4, -0.2) is 14.7 Å². The summed E-state index contributed by atoms with van der Waals surface area (Å²) >= 11 is 8.20. The fourth-order valence-corrected chi connectivity index (χ4v) is 2.76. The maximum atomic E-state index is 10.0. The summed E-state index contributed by atoms with van der Waals surface area (Å²) in [6.45, 7) is 0. The highest BCUT2D eigenvalue weighted by Crippen LogP contribution is 2.32. The Hall–Kier alpha value is -1.27. The number of hydrogen-bond donors (Lipinski definition) is 1. The van der Waals surface area contributed by atoms with Crippen LogP contribution >= 0.6 is 34.2 Å². The van der Waals surface area contributed by atoms with E-state index in [1.165, 1.54) is 0 Å². The lowest BCUT2D eigenvalue weighted by Crippen LogP contribution is -1.93. The molecule has 3 aromatic rings. The second-order valence-electron chi connectivity index (χ2n) is 4.29. The molecule has 0 amide bonds. The van der Waals surface area contributed by atoms with E-state index in [2.05, 4.69) is 27.6 Å². The summed E-state index contributed by atoms with van der Waals surface area (Å²) in [4.78, 5) is 4.56. The van der Waals surface area contributed by atoms with Crippen molar-refractivity contribution in [3.8, 4) is 17.1 Å². The molecular formula is C14H10ClIN2O. The minimum Gasteiger partial charge on any atom is -0.507 e. The largest absolute Gasteiger partial charge is 0.507 e. The molecule has 1 aromatic heterocycles. The molecule has 0 fully saturated rings. The highest BCUT2D eigenvalue weighted by molar-refractivity contribution is 14.1. The normalized spacial score (nSPS) is 11.1. The van der Waals surface area contributed by atoms with Crippen LogP contribution in [0.2, 0.25) is 5.02 Å². The molecule has 96 valence electrons. The molecule has 3 rings (SSSR count). The average molecular weight is 385 g/mol. The molecule has 0 saturated carbocycles. The maximum Gasteiger partial charge on any atom is 0.144 e. The summed E-state index contributed by atoms with van der Waals surface area (Å²) in [6, 6.07) is 11.1. The third-order valence-corrected chi connectivity index (χ3v) is 3.95. The van der Waals surface area contributed by atoms with Gasteiger partial charge in [0.15, 0.2) is 0 Å². The van der Waals surface area contributed by atoms with Gasteiger partial charge in [-0.05, 0) is 59.0 Å². The summed E-state index contributed by atoms with van der Waals surface area (Å²) < 4.78 is 3.01. The SMILES string of the molecule is Cn1c(-c2cc(I)ccc2O)nc2cc(Cl)ccc21. The summed E-state index contributed by atoms with van der Waals surface area (Å²) in [5, 5.41) is 10.7. The molecule has 3 nitrogen and oxygen atoms in total. The first-order valence-corrected chi connectivity index (χ1v) is 7.13. The van der Waals surface area contributed by atoms with E-state index >= 15 is 0 Å². The summed E-state index contributed by atoms with van der Waals surface area (Å²) in [7, 11) is 1.93. The van der Waals surface area contributed by atoms with E-state index in [9.17, 15) is 5.11 Å². The Bertz CT molecular complexity index is 782. The van der Waals surface area contributed by atoms with Crippen molar-refractivity contribution in [1.29, 1.82) is 0 Å². The van der Waals surface area contributed by atoms with E-state index < -0.39 is 0 Å². The van der Waals surface area contributed by atoms with Gasteiger partial charge in [0.25, 0.3) is 0 Å². The van der Waals surface area contributed by atoms with Crippen LogP contribution in [0.25, 0.3) is 22.4 Å². The van der Waals surface area contributed by atoms with Gasteiger partial charge in [0.1, 0.15) is 11.6 Å². The number of benzene rings is 2. The number of phenolic OH excluding ortho intramolecular Hbond substituents is 1. The Morgan fingerprint density at radius 1 is 1.21 bits per heavy atom. The van der Waals surface area contributed by atoms with Gasteiger partial charge in [0.05, 0.1) is 16.6 Å². The zero-order valence-electron chi connectivity index (χ0n) is 10.1. The first kappa shape index (κ1) is 12.7. The molecule has 0 aliphatic carbocycles. The second kappa shape index (κ2) is 4.68. The highest BCUT2D eigenvalue weighted by atomic mass is 127. The molecular weight excluding hydrogens is 375 g/mol. The van der Waals surface area contributed by atoms with Crippen molar-refractivity contribution >= 4 is 45.2 Å². The van der Waals surface area contributed by atoms with Crippen molar-refractivity contribution in [3.63, 3.8) is 0 Å². The summed E-state index contributed by atoms with van der Waals surface area (Å²) in [6.07, 6.45) is 0. The minimum absolute atomic E-state index is 0.227. The lowest BCUT2D eigenvalue weighted by Gasteiger charge is -2.05. The Kier molecular flexibility index (Phi) is 3.14. The van der Waals surface area contributed by atoms with Gasteiger partial charge in [-0.25, -0.2) is 4.98 Å². The molecule has 2 aromatic carbocycles. The van der Waals surface area contributed by atoms with Gasteiger partial charge in [0, 0.05) is 15.6 Å². The molecule has 0 unspecified atom stereocenters. The van der Waals surface area contributed by atoms with Crippen molar-refractivity contribution in [2.45, 2.75) is 0 Å². The van der Waals surface area contributed by atoms with Crippen molar-refractivity contribution in [2.75, 3.05) is 0 Å². The summed E-state index contributed by atoms with van der Waals surface area (Å²) in [5.74, 6) is 0.957. The molecule has 5 heteroatoms. The molecule has 0 atom stereocenters. The monoisotopic (exact) mass is 384 g/mol. The fourth-order valence-electron chi connectivity index (χ4n) is 2.10. The van der Waals surface area contributed by atoms with Crippen LogP contribution in [0.4, 0.5) is 0 Å². The van der Waals surface area contributed by atoms with Crippen molar-refractivity contribution in [1.82, 2.24) is 9.55 Å². The zero-order chi connectivity index (χ0) is 13.6. The van der Waals surface area contributed by atoms with Crippen LogP contribution < -0.4 is 0 Å². The number of fused-ring (bicyclic) bond motifs is 1.